The lowest BCUT2D eigenvalue weighted by Gasteiger charge is -2.29. The van der Waals surface area contributed by atoms with Crippen molar-refractivity contribution in [2.75, 3.05) is 0 Å². The van der Waals surface area contributed by atoms with E-state index in [9.17, 15) is 27.8 Å². The predicted molar refractivity (Wildman–Crippen MR) is 129 cm³/mol. The minimum Gasteiger partial charge on any atom is -0.505 e. The zero-order valence-electron chi connectivity index (χ0n) is 20.1. The maximum atomic E-state index is 14.9. The van der Waals surface area contributed by atoms with E-state index in [2.05, 4.69) is 0 Å². The molecule has 0 aliphatic heterocycles. The second-order valence-corrected chi connectivity index (χ2v) is 9.41. The quantitative estimate of drug-likeness (QED) is 0.311. The van der Waals surface area contributed by atoms with Crippen LogP contribution < -0.4 is 0 Å². The fraction of sp³-hybridized carbons (Fsp3) is 0.379. The maximum Gasteiger partial charge on any atom is 0.200 e. The van der Waals surface area contributed by atoms with Crippen LogP contribution in [0.3, 0.4) is 0 Å². The lowest BCUT2D eigenvalue weighted by molar-refractivity contribution is 0.0116. The van der Waals surface area contributed by atoms with Crippen molar-refractivity contribution in [3.63, 3.8) is 0 Å². The van der Waals surface area contributed by atoms with Gasteiger partial charge in [0.15, 0.2) is 23.2 Å². The highest BCUT2D eigenvalue weighted by Crippen LogP contribution is 2.37. The largest absolute Gasteiger partial charge is 0.505 e. The van der Waals surface area contributed by atoms with Crippen LogP contribution in [0.5, 0.6) is 5.75 Å². The zero-order valence-corrected chi connectivity index (χ0v) is 20.1. The Morgan fingerprint density at radius 2 is 1.53 bits per heavy atom. The molecule has 7 heteroatoms. The highest BCUT2D eigenvalue weighted by Gasteiger charge is 2.27. The number of aliphatic hydroxyl groups excluding tert-OH is 1. The Kier molecular flexibility index (Phi) is 8.32. The third-order valence-corrected chi connectivity index (χ3v) is 7.01. The number of benzene rings is 3. The SMILES string of the molecule is CCCC(O)c1ccc(-c2ccc(COC3CCC(c4ccc(O)c(F)c4F)CC3)c(F)c2F)cc1. The number of hydrogen-bond acceptors (Lipinski definition) is 3. The number of ether oxygens (including phenoxy) is 1. The third kappa shape index (κ3) is 5.57. The molecule has 3 aromatic rings. The number of rotatable bonds is 8. The molecule has 0 amide bonds. The topological polar surface area (TPSA) is 49.7 Å². The van der Waals surface area contributed by atoms with Crippen LogP contribution in [0.25, 0.3) is 11.1 Å². The number of phenols is 1. The standard InChI is InChI=1S/C29H30F4O3/c1-2-3-24(34)19-6-4-17(5-7-19)22-13-10-20(26(30)27(22)31)16-36-21-11-8-18(9-12-21)23-14-15-25(35)29(33)28(23)32/h4-7,10,13-15,18,21,24,34-35H,2-3,8-9,11-12,16H2,1H3. The van der Waals surface area contributed by atoms with E-state index >= 15 is 0 Å². The fourth-order valence-electron chi connectivity index (χ4n) is 4.87. The van der Waals surface area contributed by atoms with Gasteiger partial charge in [-0.2, -0.15) is 4.39 Å². The van der Waals surface area contributed by atoms with Crippen molar-refractivity contribution in [3.05, 3.63) is 88.5 Å². The molecule has 3 aromatic carbocycles. The second kappa shape index (κ2) is 11.4. The molecule has 36 heavy (non-hydrogen) atoms. The molecule has 1 atom stereocenters. The van der Waals surface area contributed by atoms with Crippen molar-refractivity contribution in [2.24, 2.45) is 0 Å². The van der Waals surface area contributed by atoms with Crippen LogP contribution in [0.1, 0.15) is 74.2 Å². The minimum absolute atomic E-state index is 0.0945. The van der Waals surface area contributed by atoms with Crippen LogP contribution in [0.15, 0.2) is 48.5 Å². The zero-order chi connectivity index (χ0) is 25.8. The minimum atomic E-state index is -1.24. The Bertz CT molecular complexity index is 1190. The first-order valence-electron chi connectivity index (χ1n) is 12.3. The van der Waals surface area contributed by atoms with E-state index in [1.807, 2.05) is 6.92 Å². The molecule has 3 nitrogen and oxygen atoms in total. The van der Waals surface area contributed by atoms with Crippen LogP contribution >= 0.6 is 0 Å². The van der Waals surface area contributed by atoms with E-state index in [1.54, 1.807) is 24.3 Å². The van der Waals surface area contributed by atoms with Gasteiger partial charge in [0.25, 0.3) is 0 Å². The van der Waals surface area contributed by atoms with Gasteiger partial charge in [0.2, 0.25) is 5.82 Å². The summed E-state index contributed by atoms with van der Waals surface area (Å²) in [6.45, 7) is 1.88. The molecular formula is C29H30F4O3. The van der Waals surface area contributed by atoms with Crippen LogP contribution in [-0.4, -0.2) is 16.3 Å². The van der Waals surface area contributed by atoms with Gasteiger partial charge in [0.1, 0.15) is 0 Å². The van der Waals surface area contributed by atoms with Gasteiger partial charge >= 0.3 is 0 Å². The summed E-state index contributed by atoms with van der Waals surface area (Å²) in [5, 5.41) is 19.4. The molecule has 1 aliphatic rings. The lowest BCUT2D eigenvalue weighted by atomic mass is 9.82. The number of hydrogen-bond donors (Lipinski definition) is 2. The summed E-state index contributed by atoms with van der Waals surface area (Å²) in [6.07, 6.45) is 2.96. The van der Waals surface area contributed by atoms with Gasteiger partial charge in [-0.15, -0.1) is 0 Å². The fourth-order valence-corrected chi connectivity index (χ4v) is 4.87. The van der Waals surface area contributed by atoms with Gasteiger partial charge in [-0.05, 0) is 60.8 Å². The molecule has 0 radical (unpaired) electrons. The van der Waals surface area contributed by atoms with Gasteiger partial charge in [-0.25, -0.2) is 13.2 Å². The van der Waals surface area contributed by atoms with E-state index in [1.165, 1.54) is 18.2 Å². The van der Waals surface area contributed by atoms with Gasteiger partial charge in [-0.1, -0.05) is 55.8 Å². The number of phenolic OH excluding ortho intramolecular Hbond substituents is 1. The molecule has 192 valence electrons. The van der Waals surface area contributed by atoms with Crippen LogP contribution in [0.2, 0.25) is 0 Å². The first kappa shape index (κ1) is 26.2. The first-order chi connectivity index (χ1) is 17.3. The molecule has 0 bridgehead atoms. The van der Waals surface area contributed by atoms with E-state index < -0.39 is 35.1 Å². The lowest BCUT2D eigenvalue weighted by Crippen LogP contribution is -2.21. The summed E-state index contributed by atoms with van der Waals surface area (Å²) < 4.78 is 63.4. The summed E-state index contributed by atoms with van der Waals surface area (Å²) in [7, 11) is 0. The van der Waals surface area contributed by atoms with Gasteiger partial charge < -0.3 is 14.9 Å². The summed E-state index contributed by atoms with van der Waals surface area (Å²) in [5.41, 5.74) is 1.74. The molecule has 1 unspecified atom stereocenters. The normalized spacial score (nSPS) is 18.8. The Hall–Kier alpha value is -2.90. The van der Waals surface area contributed by atoms with E-state index in [-0.39, 0.29) is 35.3 Å². The Morgan fingerprint density at radius 1 is 0.833 bits per heavy atom. The molecule has 4 rings (SSSR count). The molecule has 2 N–H and O–H groups in total. The van der Waals surface area contributed by atoms with E-state index in [0.717, 1.165) is 18.1 Å². The van der Waals surface area contributed by atoms with Gasteiger partial charge in [-0.3, -0.25) is 0 Å². The van der Waals surface area contributed by atoms with Crippen molar-refractivity contribution in [2.45, 2.75) is 70.2 Å². The molecule has 0 heterocycles. The average molecular weight is 503 g/mol. The Balaban J connectivity index is 1.36. The average Bonchev–Trinajstić information content (AvgIpc) is 2.89. The summed E-state index contributed by atoms with van der Waals surface area (Å²) in [6, 6.07) is 12.4. The van der Waals surface area contributed by atoms with Gasteiger partial charge in [0, 0.05) is 11.1 Å². The predicted octanol–water partition coefficient (Wildman–Crippen LogP) is 7.69. The van der Waals surface area contributed by atoms with Crippen LogP contribution in [0.4, 0.5) is 17.6 Å². The summed E-state index contributed by atoms with van der Waals surface area (Å²) >= 11 is 0. The molecule has 0 spiro atoms. The molecule has 1 aliphatic carbocycles. The number of halogens is 4. The second-order valence-electron chi connectivity index (χ2n) is 9.41. The number of aliphatic hydroxyl groups is 1. The van der Waals surface area contributed by atoms with Gasteiger partial charge in [0.05, 0.1) is 18.8 Å². The van der Waals surface area contributed by atoms with Crippen molar-refractivity contribution in [1.82, 2.24) is 0 Å². The number of aromatic hydroxyl groups is 1. The monoisotopic (exact) mass is 502 g/mol. The first-order valence-corrected chi connectivity index (χ1v) is 12.3. The summed E-state index contributed by atoms with van der Waals surface area (Å²) in [4.78, 5) is 0. The van der Waals surface area contributed by atoms with E-state index in [4.69, 9.17) is 4.74 Å². The molecule has 0 saturated heterocycles. The Labute approximate surface area is 208 Å². The van der Waals surface area contributed by atoms with E-state index in [0.29, 0.717) is 37.7 Å². The van der Waals surface area contributed by atoms with Crippen molar-refractivity contribution < 1.29 is 32.5 Å². The molecular weight excluding hydrogens is 472 g/mol. The summed E-state index contributed by atoms with van der Waals surface area (Å²) in [5.74, 6) is -5.08. The highest BCUT2D eigenvalue weighted by atomic mass is 19.2. The van der Waals surface area contributed by atoms with Crippen LogP contribution in [0, 0.1) is 23.3 Å². The Morgan fingerprint density at radius 3 is 2.19 bits per heavy atom. The molecule has 1 fully saturated rings. The maximum absolute atomic E-state index is 14.9. The molecule has 0 aromatic heterocycles. The van der Waals surface area contributed by atoms with Crippen LogP contribution in [-0.2, 0) is 11.3 Å². The van der Waals surface area contributed by atoms with Crippen molar-refractivity contribution in [1.29, 1.82) is 0 Å². The molecule has 1 saturated carbocycles. The van der Waals surface area contributed by atoms with Crippen molar-refractivity contribution >= 4 is 0 Å². The smallest absolute Gasteiger partial charge is 0.200 e. The third-order valence-electron chi connectivity index (χ3n) is 7.01. The van der Waals surface area contributed by atoms with Crippen molar-refractivity contribution in [3.8, 4) is 16.9 Å². The highest BCUT2D eigenvalue weighted by molar-refractivity contribution is 5.65.